The SMILES string of the molecule is COC(=O)/C(=C/C(F)(F)F)NC=O. The lowest BCUT2D eigenvalue weighted by atomic mass is 10.4. The monoisotopic (exact) mass is 197 g/mol. The van der Waals surface area contributed by atoms with E-state index in [0.29, 0.717) is 0 Å². The molecule has 0 atom stereocenters. The zero-order valence-electron chi connectivity index (χ0n) is 6.51. The van der Waals surface area contributed by atoms with Gasteiger partial charge in [0.1, 0.15) is 5.70 Å². The Morgan fingerprint density at radius 3 is 2.31 bits per heavy atom. The number of halogens is 3. The first-order chi connectivity index (χ1) is 5.90. The van der Waals surface area contributed by atoms with Crippen LogP contribution in [0.5, 0.6) is 0 Å². The molecule has 0 spiro atoms. The summed E-state index contributed by atoms with van der Waals surface area (Å²) in [5, 5.41) is 1.58. The summed E-state index contributed by atoms with van der Waals surface area (Å²) in [5.74, 6) is -1.26. The molecule has 1 amide bonds. The van der Waals surface area contributed by atoms with Gasteiger partial charge in [-0.05, 0) is 0 Å². The van der Waals surface area contributed by atoms with E-state index in [-0.39, 0.29) is 12.5 Å². The Morgan fingerprint density at radius 1 is 1.46 bits per heavy atom. The van der Waals surface area contributed by atoms with Crippen LogP contribution in [0, 0.1) is 0 Å². The van der Waals surface area contributed by atoms with E-state index in [1.807, 2.05) is 0 Å². The van der Waals surface area contributed by atoms with Crippen LogP contribution in [-0.2, 0) is 14.3 Å². The van der Waals surface area contributed by atoms with Crippen molar-refractivity contribution in [1.82, 2.24) is 5.32 Å². The maximum absolute atomic E-state index is 11.7. The molecular formula is C6H6F3NO3. The van der Waals surface area contributed by atoms with Crippen molar-refractivity contribution in [2.24, 2.45) is 0 Å². The molecule has 0 aromatic rings. The van der Waals surface area contributed by atoms with Crippen LogP contribution in [0.3, 0.4) is 0 Å². The van der Waals surface area contributed by atoms with Crippen molar-refractivity contribution in [3.63, 3.8) is 0 Å². The summed E-state index contributed by atoms with van der Waals surface area (Å²) >= 11 is 0. The molecule has 0 aromatic heterocycles. The Kier molecular flexibility index (Phi) is 3.96. The van der Waals surface area contributed by atoms with Crippen LogP contribution in [0.4, 0.5) is 13.2 Å². The fraction of sp³-hybridized carbons (Fsp3) is 0.333. The van der Waals surface area contributed by atoms with Gasteiger partial charge in [-0.15, -0.1) is 0 Å². The largest absolute Gasteiger partial charge is 0.464 e. The van der Waals surface area contributed by atoms with Crippen molar-refractivity contribution in [1.29, 1.82) is 0 Å². The van der Waals surface area contributed by atoms with E-state index in [2.05, 4.69) is 4.74 Å². The first-order valence-corrected chi connectivity index (χ1v) is 2.99. The van der Waals surface area contributed by atoms with Gasteiger partial charge in [0, 0.05) is 0 Å². The van der Waals surface area contributed by atoms with E-state index in [9.17, 15) is 22.8 Å². The smallest absolute Gasteiger partial charge is 0.412 e. The number of hydrogen-bond donors (Lipinski definition) is 1. The quantitative estimate of drug-likeness (QED) is 0.403. The number of carbonyl (C=O) groups is 2. The van der Waals surface area contributed by atoms with E-state index in [1.54, 1.807) is 5.32 Å². The first-order valence-electron chi connectivity index (χ1n) is 2.99. The third-order valence-electron chi connectivity index (χ3n) is 0.928. The third kappa shape index (κ3) is 4.83. The lowest BCUT2D eigenvalue weighted by Gasteiger charge is -2.04. The van der Waals surface area contributed by atoms with Crippen LogP contribution in [0.25, 0.3) is 0 Å². The highest BCUT2D eigenvalue weighted by Crippen LogP contribution is 2.17. The Hall–Kier alpha value is -1.53. The maximum Gasteiger partial charge on any atom is 0.412 e. The predicted octanol–water partition coefficient (Wildman–Crippen LogP) is 0.352. The van der Waals surface area contributed by atoms with Crippen LogP contribution < -0.4 is 5.32 Å². The number of carbonyl (C=O) groups excluding carboxylic acids is 2. The van der Waals surface area contributed by atoms with Gasteiger partial charge in [0.05, 0.1) is 13.2 Å². The van der Waals surface area contributed by atoms with Crippen LogP contribution in [0.1, 0.15) is 0 Å². The molecule has 0 aliphatic rings. The van der Waals surface area contributed by atoms with Gasteiger partial charge in [-0.2, -0.15) is 13.2 Å². The zero-order valence-corrected chi connectivity index (χ0v) is 6.51. The number of rotatable bonds is 3. The molecule has 0 aliphatic heterocycles. The minimum absolute atomic E-state index is 0.0471. The average molecular weight is 197 g/mol. The second-order valence-electron chi connectivity index (χ2n) is 1.85. The Labute approximate surface area is 71.4 Å². The van der Waals surface area contributed by atoms with Crippen molar-refractivity contribution in [3.8, 4) is 0 Å². The number of ether oxygens (including phenoxy) is 1. The standard InChI is InChI=1S/C6H6F3NO3/c1-13-5(12)4(10-3-11)2-6(7,8)9/h2-3H,1H3,(H,10,11)/b4-2-. The third-order valence-corrected chi connectivity index (χ3v) is 0.928. The van der Waals surface area contributed by atoms with Gasteiger partial charge in [0.15, 0.2) is 0 Å². The molecular weight excluding hydrogens is 191 g/mol. The number of allylic oxidation sites excluding steroid dienone is 1. The average Bonchev–Trinajstić information content (AvgIpc) is 2.00. The number of hydrogen-bond acceptors (Lipinski definition) is 3. The summed E-state index contributed by atoms with van der Waals surface area (Å²) < 4.78 is 39.0. The molecule has 0 radical (unpaired) electrons. The van der Waals surface area contributed by atoms with Crippen LogP contribution >= 0.6 is 0 Å². The summed E-state index contributed by atoms with van der Waals surface area (Å²) in [7, 11) is 0.902. The molecule has 0 unspecified atom stereocenters. The molecule has 13 heavy (non-hydrogen) atoms. The molecule has 0 saturated heterocycles. The highest BCUT2D eigenvalue weighted by atomic mass is 19.4. The predicted molar refractivity (Wildman–Crippen MR) is 35.4 cm³/mol. The van der Waals surface area contributed by atoms with E-state index in [4.69, 9.17) is 0 Å². The van der Waals surface area contributed by atoms with Crippen LogP contribution in [0.2, 0.25) is 0 Å². The normalized spacial score (nSPS) is 12.2. The highest BCUT2D eigenvalue weighted by molar-refractivity contribution is 5.90. The van der Waals surface area contributed by atoms with Gasteiger partial charge >= 0.3 is 12.1 Å². The molecule has 0 fully saturated rings. The van der Waals surface area contributed by atoms with E-state index in [0.717, 1.165) is 7.11 Å². The summed E-state index contributed by atoms with van der Waals surface area (Å²) in [6, 6.07) is 0. The first kappa shape index (κ1) is 11.5. The molecule has 0 aromatic carbocycles. The molecule has 0 saturated carbocycles. The fourth-order valence-electron chi connectivity index (χ4n) is 0.497. The van der Waals surface area contributed by atoms with Gasteiger partial charge in [0.25, 0.3) is 0 Å². The summed E-state index contributed by atoms with van der Waals surface area (Å²) in [6.07, 6.45) is -5.08. The molecule has 4 nitrogen and oxygen atoms in total. The van der Waals surface area contributed by atoms with E-state index < -0.39 is 17.8 Å². The summed E-state index contributed by atoms with van der Waals surface area (Å²) in [4.78, 5) is 20.4. The lowest BCUT2D eigenvalue weighted by Crippen LogP contribution is -2.22. The maximum atomic E-state index is 11.7. The van der Waals surface area contributed by atoms with Gasteiger partial charge in [-0.1, -0.05) is 0 Å². The van der Waals surface area contributed by atoms with Gasteiger partial charge in [-0.25, -0.2) is 4.79 Å². The molecule has 0 heterocycles. The molecule has 0 rings (SSSR count). The number of amides is 1. The van der Waals surface area contributed by atoms with E-state index in [1.165, 1.54) is 0 Å². The topological polar surface area (TPSA) is 55.4 Å². The highest BCUT2D eigenvalue weighted by Gasteiger charge is 2.27. The number of methoxy groups -OCH3 is 1. The minimum Gasteiger partial charge on any atom is -0.464 e. The summed E-state index contributed by atoms with van der Waals surface area (Å²) in [6.45, 7) is 0. The minimum atomic E-state index is -4.68. The number of nitrogens with one attached hydrogen (secondary N) is 1. The van der Waals surface area contributed by atoms with Crippen LogP contribution in [0.15, 0.2) is 11.8 Å². The van der Waals surface area contributed by atoms with Crippen molar-refractivity contribution >= 4 is 12.4 Å². The fourth-order valence-corrected chi connectivity index (χ4v) is 0.497. The van der Waals surface area contributed by atoms with Gasteiger partial charge in [-0.3, -0.25) is 4.79 Å². The molecule has 7 heteroatoms. The van der Waals surface area contributed by atoms with Crippen LogP contribution in [-0.4, -0.2) is 25.7 Å². The Bertz CT molecular complexity index is 234. The Morgan fingerprint density at radius 2 is 2.00 bits per heavy atom. The van der Waals surface area contributed by atoms with Gasteiger partial charge in [0.2, 0.25) is 6.41 Å². The lowest BCUT2D eigenvalue weighted by molar-refractivity contribution is -0.138. The van der Waals surface area contributed by atoms with Crippen molar-refractivity contribution < 1.29 is 27.5 Å². The number of alkyl halides is 3. The van der Waals surface area contributed by atoms with Crippen molar-refractivity contribution in [3.05, 3.63) is 11.8 Å². The second-order valence-corrected chi connectivity index (χ2v) is 1.85. The Balaban J connectivity index is 4.69. The van der Waals surface area contributed by atoms with Crippen molar-refractivity contribution in [2.75, 3.05) is 7.11 Å². The summed E-state index contributed by atoms with van der Waals surface area (Å²) in [5.41, 5.74) is -0.954. The van der Waals surface area contributed by atoms with Gasteiger partial charge < -0.3 is 10.1 Å². The van der Waals surface area contributed by atoms with Crippen molar-refractivity contribution in [2.45, 2.75) is 6.18 Å². The molecule has 0 aliphatic carbocycles. The van der Waals surface area contributed by atoms with E-state index >= 15 is 0 Å². The molecule has 0 bridgehead atoms. The molecule has 74 valence electrons. The second kappa shape index (κ2) is 4.48. The zero-order chi connectivity index (χ0) is 10.5. The number of esters is 1. The molecule has 1 N–H and O–H groups in total.